The summed E-state index contributed by atoms with van der Waals surface area (Å²) < 4.78 is 5.76. The summed E-state index contributed by atoms with van der Waals surface area (Å²) in [7, 11) is 0. The van der Waals surface area contributed by atoms with Gasteiger partial charge in [-0.3, -0.25) is 14.6 Å². The van der Waals surface area contributed by atoms with E-state index >= 15 is 0 Å². The van der Waals surface area contributed by atoms with Gasteiger partial charge in [-0.2, -0.15) is 5.11 Å². The maximum absolute atomic E-state index is 13.0. The van der Waals surface area contributed by atoms with Crippen LogP contribution in [0.15, 0.2) is 56.5 Å². The summed E-state index contributed by atoms with van der Waals surface area (Å²) in [4.78, 5) is 32.4. The lowest BCUT2D eigenvalue weighted by Crippen LogP contribution is -2.39. The number of anilines is 1. The molecule has 0 radical (unpaired) electrons. The molecule has 0 aliphatic carbocycles. The second-order valence-electron chi connectivity index (χ2n) is 6.68. The molecule has 2 amide bonds. The van der Waals surface area contributed by atoms with Gasteiger partial charge in [0.15, 0.2) is 12.1 Å². The maximum Gasteiger partial charge on any atom is 0.263 e. The summed E-state index contributed by atoms with van der Waals surface area (Å²) >= 11 is 7.55. The minimum Gasteiger partial charge on any atom is -0.440 e. The summed E-state index contributed by atoms with van der Waals surface area (Å²) in [6.45, 7) is 2.03. The number of amides is 2. The van der Waals surface area contributed by atoms with E-state index in [0.717, 1.165) is 9.78 Å². The third-order valence-corrected chi connectivity index (χ3v) is 5.95. The molecule has 0 spiro atoms. The van der Waals surface area contributed by atoms with Gasteiger partial charge in [0.1, 0.15) is 11.5 Å². The van der Waals surface area contributed by atoms with Crippen molar-refractivity contribution in [3.8, 4) is 10.8 Å². The summed E-state index contributed by atoms with van der Waals surface area (Å²) in [5, 5.41) is 12.0. The third-order valence-electron chi connectivity index (χ3n) is 4.86. The van der Waals surface area contributed by atoms with Crippen LogP contribution in [0.3, 0.4) is 0 Å². The van der Waals surface area contributed by atoms with Crippen molar-refractivity contribution in [3.05, 3.63) is 58.3 Å². The molecule has 1 fully saturated rings. The van der Waals surface area contributed by atoms with Gasteiger partial charge >= 0.3 is 0 Å². The average Bonchev–Trinajstić information content (AvgIpc) is 3.45. The molecule has 2 aliphatic heterocycles. The summed E-state index contributed by atoms with van der Waals surface area (Å²) in [5.74, 6) is 0.363. The Morgan fingerprint density at radius 1 is 1.21 bits per heavy atom. The van der Waals surface area contributed by atoms with Gasteiger partial charge < -0.3 is 4.42 Å². The molecule has 0 bridgehead atoms. The Balaban J connectivity index is 1.41. The van der Waals surface area contributed by atoms with E-state index in [9.17, 15) is 9.59 Å². The van der Waals surface area contributed by atoms with Gasteiger partial charge in [-0.1, -0.05) is 29.0 Å². The third kappa shape index (κ3) is 2.93. The van der Waals surface area contributed by atoms with Crippen molar-refractivity contribution in [1.29, 1.82) is 0 Å². The zero-order valence-electron chi connectivity index (χ0n) is 15.2. The number of aromatic nitrogens is 1. The molecule has 0 saturated carbocycles. The molecule has 3 aromatic rings. The van der Waals surface area contributed by atoms with Crippen LogP contribution in [0.4, 0.5) is 5.69 Å². The van der Waals surface area contributed by atoms with Crippen LogP contribution in [0.5, 0.6) is 0 Å². The molecular weight excluding hydrogens is 414 g/mol. The molecule has 146 valence electrons. The fourth-order valence-corrected chi connectivity index (χ4v) is 4.29. The fraction of sp³-hybridized carbons (Fsp3) is 0.211. The highest BCUT2D eigenvalue weighted by Gasteiger charge is 2.54. The fourth-order valence-electron chi connectivity index (χ4n) is 3.46. The number of nitrogens with zero attached hydrogens (tertiary/aromatic N) is 5. The molecule has 4 heterocycles. The van der Waals surface area contributed by atoms with Crippen LogP contribution in [-0.2, 0) is 16.1 Å². The lowest BCUT2D eigenvalue weighted by atomic mass is 10.1. The summed E-state index contributed by atoms with van der Waals surface area (Å²) in [6.07, 6.45) is 0. The lowest BCUT2D eigenvalue weighted by Gasteiger charge is -2.20. The maximum atomic E-state index is 13.0. The predicted molar refractivity (Wildman–Crippen MR) is 106 cm³/mol. The molecule has 29 heavy (non-hydrogen) atoms. The minimum atomic E-state index is -0.870. The first-order valence-electron chi connectivity index (χ1n) is 8.84. The van der Waals surface area contributed by atoms with Gasteiger partial charge in [-0.15, -0.1) is 11.3 Å². The number of rotatable bonds is 4. The Hall–Kier alpha value is -3.04. The Labute approximate surface area is 174 Å². The SMILES string of the molecule is Cc1oc(-c2cccs2)nc1CN1N=N[C@@H]2C(=O)N(c3cccc(Cl)c3)C(=O)[C@H]21. The van der Waals surface area contributed by atoms with Crippen molar-refractivity contribution in [2.75, 3.05) is 4.90 Å². The Morgan fingerprint density at radius 3 is 2.83 bits per heavy atom. The zero-order chi connectivity index (χ0) is 20.1. The number of hydrogen-bond donors (Lipinski definition) is 0. The van der Waals surface area contributed by atoms with E-state index in [4.69, 9.17) is 16.0 Å². The van der Waals surface area contributed by atoms with Crippen LogP contribution in [0.25, 0.3) is 10.8 Å². The number of hydrogen-bond acceptors (Lipinski definition) is 8. The normalized spacial score (nSPS) is 20.8. The number of benzene rings is 1. The highest BCUT2D eigenvalue weighted by molar-refractivity contribution is 7.13. The van der Waals surface area contributed by atoms with E-state index in [-0.39, 0.29) is 12.5 Å². The number of fused-ring (bicyclic) bond motifs is 1. The highest BCUT2D eigenvalue weighted by atomic mass is 35.5. The summed E-state index contributed by atoms with van der Waals surface area (Å²) in [5.41, 5.74) is 1.07. The van der Waals surface area contributed by atoms with E-state index in [1.54, 1.807) is 24.3 Å². The molecular formula is C19H14ClN5O3S. The monoisotopic (exact) mass is 427 g/mol. The van der Waals surface area contributed by atoms with Gasteiger partial charge in [-0.25, -0.2) is 9.88 Å². The molecule has 10 heteroatoms. The molecule has 2 atom stereocenters. The quantitative estimate of drug-likeness (QED) is 0.589. The van der Waals surface area contributed by atoms with Crippen molar-refractivity contribution in [2.24, 2.45) is 10.3 Å². The number of carbonyl (C=O) groups is 2. The van der Waals surface area contributed by atoms with Gasteiger partial charge in [0, 0.05) is 5.02 Å². The van der Waals surface area contributed by atoms with Crippen molar-refractivity contribution in [1.82, 2.24) is 9.99 Å². The molecule has 5 rings (SSSR count). The second kappa shape index (κ2) is 6.78. The Bertz CT molecular complexity index is 1140. The molecule has 0 N–H and O–H groups in total. The summed E-state index contributed by atoms with van der Waals surface area (Å²) in [6, 6.07) is 8.79. The van der Waals surface area contributed by atoms with Crippen molar-refractivity contribution >= 4 is 40.4 Å². The molecule has 2 aromatic heterocycles. The number of thiophene rings is 1. The highest BCUT2D eigenvalue weighted by Crippen LogP contribution is 2.34. The van der Waals surface area contributed by atoms with Crippen LogP contribution in [0.2, 0.25) is 5.02 Å². The molecule has 2 aliphatic rings. The first-order chi connectivity index (χ1) is 14.0. The number of carbonyl (C=O) groups excluding carboxylic acids is 2. The van der Waals surface area contributed by atoms with Crippen LogP contribution in [-0.4, -0.2) is 33.9 Å². The van der Waals surface area contributed by atoms with Gasteiger partial charge in [0.2, 0.25) is 5.89 Å². The molecule has 1 saturated heterocycles. The van der Waals surface area contributed by atoms with Crippen LogP contribution < -0.4 is 4.90 Å². The second-order valence-corrected chi connectivity index (χ2v) is 8.07. The van der Waals surface area contributed by atoms with Crippen LogP contribution in [0.1, 0.15) is 11.5 Å². The van der Waals surface area contributed by atoms with Gasteiger partial charge in [-0.05, 0) is 36.6 Å². The van der Waals surface area contributed by atoms with Crippen molar-refractivity contribution in [3.63, 3.8) is 0 Å². The predicted octanol–water partition coefficient (Wildman–Crippen LogP) is 3.86. The smallest absolute Gasteiger partial charge is 0.263 e. The number of aryl methyl sites for hydroxylation is 1. The van der Waals surface area contributed by atoms with E-state index in [1.807, 2.05) is 24.4 Å². The lowest BCUT2D eigenvalue weighted by molar-refractivity contribution is -0.123. The van der Waals surface area contributed by atoms with Crippen molar-refractivity contribution in [2.45, 2.75) is 25.6 Å². The van der Waals surface area contributed by atoms with Gasteiger partial charge in [0.05, 0.1) is 17.1 Å². The van der Waals surface area contributed by atoms with Crippen molar-refractivity contribution < 1.29 is 14.0 Å². The largest absolute Gasteiger partial charge is 0.440 e. The standard InChI is InChI=1S/C19H14ClN5O3S/c1-10-13(21-17(28-10)14-6-3-7-29-14)9-24-16-15(22-23-24)18(26)25(19(16)27)12-5-2-4-11(20)8-12/h2-8,15-16H,9H2,1H3/t15-,16-/m0/s1. The van der Waals surface area contributed by atoms with E-state index < -0.39 is 18.0 Å². The number of imide groups is 1. The number of halogens is 1. The van der Waals surface area contributed by atoms with E-state index in [0.29, 0.717) is 28.1 Å². The van der Waals surface area contributed by atoms with Crippen LogP contribution >= 0.6 is 22.9 Å². The van der Waals surface area contributed by atoms with E-state index in [1.165, 1.54) is 16.3 Å². The Kier molecular flexibility index (Phi) is 4.21. The first kappa shape index (κ1) is 18.0. The Morgan fingerprint density at radius 2 is 2.07 bits per heavy atom. The first-order valence-corrected chi connectivity index (χ1v) is 10.1. The van der Waals surface area contributed by atoms with Gasteiger partial charge in [0.25, 0.3) is 11.8 Å². The average molecular weight is 428 g/mol. The van der Waals surface area contributed by atoms with Crippen LogP contribution in [0, 0.1) is 6.92 Å². The minimum absolute atomic E-state index is 0.216. The molecule has 0 unspecified atom stereocenters. The molecule has 8 nitrogen and oxygen atoms in total. The topological polar surface area (TPSA) is 91.4 Å². The molecule has 1 aromatic carbocycles. The number of oxazole rings is 1. The van der Waals surface area contributed by atoms with E-state index in [2.05, 4.69) is 15.3 Å². The zero-order valence-corrected chi connectivity index (χ0v) is 16.7.